The summed E-state index contributed by atoms with van der Waals surface area (Å²) in [5.74, 6) is 2.14. The van der Waals surface area contributed by atoms with E-state index in [4.69, 9.17) is 0 Å². The van der Waals surface area contributed by atoms with Crippen molar-refractivity contribution in [2.24, 2.45) is 10.9 Å². The van der Waals surface area contributed by atoms with Crippen molar-refractivity contribution >= 4 is 5.84 Å². The molecule has 0 radical (unpaired) electrons. The van der Waals surface area contributed by atoms with Gasteiger partial charge >= 0.3 is 0 Å². The van der Waals surface area contributed by atoms with Crippen LogP contribution in [0.3, 0.4) is 0 Å². The van der Waals surface area contributed by atoms with Crippen LogP contribution in [0.4, 0.5) is 0 Å². The maximum atomic E-state index is 4.36. The van der Waals surface area contributed by atoms with E-state index in [-0.39, 0.29) is 0 Å². The highest BCUT2D eigenvalue weighted by Gasteiger charge is 2.33. The Kier molecular flexibility index (Phi) is 3.85. The van der Waals surface area contributed by atoms with Gasteiger partial charge in [-0.1, -0.05) is 0 Å². The Balaban J connectivity index is 1.97. The van der Waals surface area contributed by atoms with Crippen molar-refractivity contribution in [2.45, 2.75) is 38.6 Å². The summed E-state index contributed by atoms with van der Waals surface area (Å²) in [6.07, 6.45) is 5.47. The van der Waals surface area contributed by atoms with E-state index in [9.17, 15) is 0 Å². The van der Waals surface area contributed by atoms with E-state index in [1.807, 2.05) is 7.05 Å². The van der Waals surface area contributed by atoms with Gasteiger partial charge in [0.15, 0.2) is 0 Å². The first-order valence-corrected chi connectivity index (χ1v) is 6.61. The van der Waals surface area contributed by atoms with Crippen LogP contribution in [-0.2, 0) is 0 Å². The molecule has 2 rings (SSSR count). The number of aliphatic imine (C=N–C) groups is 1. The number of amidine groups is 1. The van der Waals surface area contributed by atoms with E-state index in [1.54, 1.807) is 0 Å². The molecule has 0 aliphatic carbocycles. The molecule has 0 aromatic rings. The molecule has 0 amide bonds. The minimum atomic E-state index is 0.775. The van der Waals surface area contributed by atoms with Gasteiger partial charge in [0, 0.05) is 19.6 Å². The second-order valence-electron chi connectivity index (χ2n) is 5.31. The Bertz CT molecular complexity index is 254. The van der Waals surface area contributed by atoms with Crippen LogP contribution < -0.4 is 0 Å². The zero-order chi connectivity index (χ0) is 11.5. The molecule has 0 aromatic heterocycles. The molecule has 0 aromatic carbocycles. The lowest BCUT2D eigenvalue weighted by Gasteiger charge is -2.37. The predicted molar refractivity (Wildman–Crippen MR) is 69.0 cm³/mol. The molecule has 2 heterocycles. The van der Waals surface area contributed by atoms with E-state index < -0.39 is 0 Å². The van der Waals surface area contributed by atoms with Crippen molar-refractivity contribution in [2.75, 3.05) is 33.7 Å². The number of piperidine rings is 1. The van der Waals surface area contributed by atoms with Crippen LogP contribution in [0.15, 0.2) is 4.99 Å². The van der Waals surface area contributed by atoms with Crippen LogP contribution in [0.2, 0.25) is 0 Å². The quantitative estimate of drug-likeness (QED) is 0.499. The molecule has 0 bridgehead atoms. The monoisotopic (exact) mass is 223 g/mol. The molecule has 2 saturated heterocycles. The first kappa shape index (κ1) is 11.9. The van der Waals surface area contributed by atoms with Gasteiger partial charge in [0.1, 0.15) is 0 Å². The fourth-order valence-electron chi connectivity index (χ4n) is 3.23. The second kappa shape index (κ2) is 5.17. The smallest absolute Gasteiger partial charge is 0.0956 e. The summed E-state index contributed by atoms with van der Waals surface area (Å²) in [4.78, 5) is 9.37. The third-order valence-corrected chi connectivity index (χ3v) is 4.35. The maximum absolute atomic E-state index is 4.36. The highest BCUT2D eigenvalue weighted by Crippen LogP contribution is 2.30. The zero-order valence-corrected chi connectivity index (χ0v) is 10.9. The number of nitrogens with zero attached hydrogens (tertiary/aromatic N) is 3. The highest BCUT2D eigenvalue weighted by atomic mass is 15.2. The molecule has 1 atom stereocenters. The first-order valence-electron chi connectivity index (χ1n) is 6.61. The van der Waals surface area contributed by atoms with Crippen LogP contribution in [-0.4, -0.2) is 55.4 Å². The molecule has 0 saturated carbocycles. The fourth-order valence-corrected chi connectivity index (χ4v) is 3.23. The number of hydrogen-bond donors (Lipinski definition) is 0. The third kappa shape index (κ3) is 2.40. The van der Waals surface area contributed by atoms with E-state index in [2.05, 4.69) is 28.8 Å². The predicted octanol–water partition coefficient (Wildman–Crippen LogP) is 1.84. The molecular weight excluding hydrogens is 198 g/mol. The molecule has 2 aliphatic rings. The number of hydrogen-bond acceptors (Lipinski definition) is 2. The molecule has 3 heteroatoms. The third-order valence-electron chi connectivity index (χ3n) is 4.35. The lowest BCUT2D eigenvalue weighted by Crippen LogP contribution is -2.43. The fraction of sp³-hybridized carbons (Fsp3) is 0.923. The standard InChI is InChI=1S/C13H25N3/c1-11(14-2)16-8-4-5-13(16)12-6-9-15(3)10-7-12/h12-13H,4-10H2,1-3H3. The van der Waals surface area contributed by atoms with Crippen LogP contribution in [0, 0.1) is 5.92 Å². The van der Waals surface area contributed by atoms with E-state index >= 15 is 0 Å². The van der Waals surface area contributed by atoms with Gasteiger partial charge in [-0.3, -0.25) is 4.99 Å². The summed E-state index contributed by atoms with van der Waals surface area (Å²) in [5, 5.41) is 0. The summed E-state index contributed by atoms with van der Waals surface area (Å²) in [5.41, 5.74) is 0. The highest BCUT2D eigenvalue weighted by molar-refractivity contribution is 5.80. The minimum Gasteiger partial charge on any atom is -0.357 e. The summed E-state index contributed by atoms with van der Waals surface area (Å²) in [7, 11) is 4.15. The molecule has 92 valence electrons. The van der Waals surface area contributed by atoms with Crippen molar-refractivity contribution in [3.63, 3.8) is 0 Å². The summed E-state index contributed by atoms with van der Waals surface area (Å²) >= 11 is 0. The lowest BCUT2D eigenvalue weighted by atomic mass is 9.88. The van der Waals surface area contributed by atoms with Gasteiger partial charge in [0.05, 0.1) is 5.84 Å². The molecule has 1 unspecified atom stereocenters. The van der Waals surface area contributed by atoms with Crippen LogP contribution in [0.1, 0.15) is 32.6 Å². The first-order chi connectivity index (χ1) is 7.72. The van der Waals surface area contributed by atoms with Crippen LogP contribution >= 0.6 is 0 Å². The number of likely N-dealkylation sites (tertiary alicyclic amines) is 2. The number of rotatable bonds is 1. The van der Waals surface area contributed by atoms with Crippen molar-refractivity contribution in [3.05, 3.63) is 0 Å². The lowest BCUT2D eigenvalue weighted by molar-refractivity contribution is 0.160. The van der Waals surface area contributed by atoms with Gasteiger partial charge in [-0.2, -0.15) is 0 Å². The van der Waals surface area contributed by atoms with E-state index in [0.717, 1.165) is 12.0 Å². The minimum absolute atomic E-state index is 0.775. The molecule has 16 heavy (non-hydrogen) atoms. The molecule has 2 aliphatic heterocycles. The molecular formula is C13H25N3. The Morgan fingerprint density at radius 3 is 2.44 bits per heavy atom. The van der Waals surface area contributed by atoms with E-state index in [0.29, 0.717) is 0 Å². The van der Waals surface area contributed by atoms with Gasteiger partial charge in [-0.05, 0) is 58.7 Å². The Labute approximate surface area is 99.5 Å². The summed E-state index contributed by atoms with van der Waals surface area (Å²) < 4.78 is 0. The van der Waals surface area contributed by atoms with Crippen molar-refractivity contribution in [1.82, 2.24) is 9.80 Å². The van der Waals surface area contributed by atoms with Gasteiger partial charge in [0.25, 0.3) is 0 Å². The SMILES string of the molecule is CN=C(C)N1CCCC1C1CCN(C)CC1. The zero-order valence-electron chi connectivity index (χ0n) is 10.9. The average molecular weight is 223 g/mol. The Morgan fingerprint density at radius 2 is 1.81 bits per heavy atom. The van der Waals surface area contributed by atoms with Crippen molar-refractivity contribution < 1.29 is 0 Å². The summed E-state index contributed by atoms with van der Waals surface area (Å²) in [6, 6.07) is 0.775. The van der Waals surface area contributed by atoms with Gasteiger partial charge < -0.3 is 9.80 Å². The maximum Gasteiger partial charge on any atom is 0.0956 e. The molecule has 2 fully saturated rings. The molecule has 3 nitrogen and oxygen atoms in total. The van der Waals surface area contributed by atoms with E-state index in [1.165, 1.54) is 51.2 Å². The van der Waals surface area contributed by atoms with Crippen molar-refractivity contribution in [3.8, 4) is 0 Å². The second-order valence-corrected chi connectivity index (χ2v) is 5.31. The average Bonchev–Trinajstić information content (AvgIpc) is 2.78. The normalized spacial score (nSPS) is 30.1. The Hall–Kier alpha value is -0.570. The van der Waals surface area contributed by atoms with Gasteiger partial charge in [-0.25, -0.2) is 0 Å². The van der Waals surface area contributed by atoms with Crippen LogP contribution in [0.25, 0.3) is 0 Å². The molecule has 0 N–H and O–H groups in total. The summed E-state index contributed by atoms with van der Waals surface area (Å²) in [6.45, 7) is 5.93. The van der Waals surface area contributed by atoms with Gasteiger partial charge in [-0.15, -0.1) is 0 Å². The van der Waals surface area contributed by atoms with Crippen LogP contribution in [0.5, 0.6) is 0 Å². The Morgan fingerprint density at radius 1 is 1.12 bits per heavy atom. The largest absolute Gasteiger partial charge is 0.357 e. The molecule has 0 spiro atoms. The van der Waals surface area contributed by atoms with Gasteiger partial charge in [0.2, 0.25) is 0 Å². The van der Waals surface area contributed by atoms with Crippen molar-refractivity contribution in [1.29, 1.82) is 0 Å². The topological polar surface area (TPSA) is 18.8 Å².